The van der Waals surface area contributed by atoms with E-state index in [0.717, 1.165) is 32.1 Å². The zero-order valence-corrected chi connectivity index (χ0v) is 14.7. The maximum atomic E-state index is 13.0. The van der Waals surface area contributed by atoms with Crippen molar-refractivity contribution in [3.05, 3.63) is 70.8 Å². The molecule has 25 heavy (non-hydrogen) atoms. The van der Waals surface area contributed by atoms with Crippen molar-refractivity contribution in [3.63, 3.8) is 0 Å². The molecular formula is C22H25FN2. The van der Waals surface area contributed by atoms with Gasteiger partial charge in [-0.05, 0) is 73.3 Å². The summed E-state index contributed by atoms with van der Waals surface area (Å²) in [5.74, 6) is 0.0920. The first-order valence-corrected chi connectivity index (χ1v) is 9.36. The third-order valence-electron chi connectivity index (χ3n) is 5.70. The molecule has 3 heteroatoms. The molecule has 2 aliphatic carbocycles. The second-order valence-corrected chi connectivity index (χ2v) is 7.37. The van der Waals surface area contributed by atoms with Crippen LogP contribution in [0.4, 0.5) is 4.39 Å². The molecule has 3 atom stereocenters. The lowest BCUT2D eigenvalue weighted by atomic mass is 9.90. The van der Waals surface area contributed by atoms with Gasteiger partial charge in [0.1, 0.15) is 0 Å². The van der Waals surface area contributed by atoms with Crippen molar-refractivity contribution in [3.8, 4) is 0 Å². The van der Waals surface area contributed by atoms with Gasteiger partial charge >= 0.3 is 0 Å². The lowest BCUT2D eigenvalue weighted by molar-refractivity contribution is 0.456. The van der Waals surface area contributed by atoms with Crippen LogP contribution in [0.25, 0.3) is 6.08 Å². The third-order valence-corrected chi connectivity index (χ3v) is 5.70. The Hall–Kier alpha value is -2.00. The van der Waals surface area contributed by atoms with Gasteiger partial charge in [0.15, 0.2) is 0 Å². The van der Waals surface area contributed by atoms with Gasteiger partial charge in [-0.25, -0.2) is 4.98 Å². The summed E-state index contributed by atoms with van der Waals surface area (Å²) in [6.07, 6.45) is 12.0. The van der Waals surface area contributed by atoms with Crippen LogP contribution in [0.2, 0.25) is 0 Å². The quantitative estimate of drug-likeness (QED) is 0.779. The van der Waals surface area contributed by atoms with Crippen molar-refractivity contribution in [1.29, 1.82) is 0 Å². The number of rotatable bonds is 4. The topological polar surface area (TPSA) is 24.9 Å². The van der Waals surface area contributed by atoms with Crippen LogP contribution in [0.15, 0.2) is 42.6 Å². The molecule has 1 N–H and O–H groups in total. The Balaban J connectivity index is 1.43. The smallest absolute Gasteiger partial charge is 0.212 e. The van der Waals surface area contributed by atoms with Crippen molar-refractivity contribution < 1.29 is 4.39 Å². The van der Waals surface area contributed by atoms with Gasteiger partial charge in [0.05, 0.1) is 0 Å². The number of aryl methyl sites for hydroxylation is 1. The van der Waals surface area contributed by atoms with Crippen molar-refractivity contribution >= 4 is 6.08 Å². The highest BCUT2D eigenvalue weighted by molar-refractivity contribution is 5.61. The molecule has 0 amide bonds. The Morgan fingerprint density at radius 2 is 2.12 bits per heavy atom. The molecule has 0 radical (unpaired) electrons. The van der Waals surface area contributed by atoms with Crippen LogP contribution in [0, 0.1) is 5.95 Å². The highest BCUT2D eigenvalue weighted by Crippen LogP contribution is 2.36. The Bertz CT molecular complexity index is 766. The number of hydrogen-bond donors (Lipinski definition) is 1. The molecule has 2 aromatic rings. The molecule has 0 saturated heterocycles. The first kappa shape index (κ1) is 16.5. The number of allylic oxidation sites excluding steroid dienone is 1. The lowest BCUT2D eigenvalue weighted by Gasteiger charge is -2.24. The van der Waals surface area contributed by atoms with Crippen molar-refractivity contribution in [2.24, 2.45) is 0 Å². The van der Waals surface area contributed by atoms with Crippen LogP contribution < -0.4 is 5.32 Å². The number of nitrogens with zero attached hydrogens (tertiary/aromatic N) is 1. The Labute approximate surface area is 149 Å². The molecule has 0 aliphatic heterocycles. The molecule has 0 spiro atoms. The van der Waals surface area contributed by atoms with Crippen molar-refractivity contribution in [2.75, 3.05) is 0 Å². The third kappa shape index (κ3) is 3.52. The van der Waals surface area contributed by atoms with E-state index < -0.39 is 5.95 Å². The number of fused-ring (bicyclic) bond motifs is 1. The predicted molar refractivity (Wildman–Crippen MR) is 99.9 cm³/mol. The maximum absolute atomic E-state index is 13.0. The summed E-state index contributed by atoms with van der Waals surface area (Å²) in [5, 5.41) is 3.83. The highest BCUT2D eigenvalue weighted by atomic mass is 19.1. The summed E-state index contributed by atoms with van der Waals surface area (Å²) < 4.78 is 13.0. The van der Waals surface area contributed by atoms with Gasteiger partial charge in [-0.15, -0.1) is 0 Å². The average molecular weight is 336 g/mol. The van der Waals surface area contributed by atoms with Gasteiger partial charge in [-0.1, -0.05) is 36.4 Å². The van der Waals surface area contributed by atoms with E-state index in [0.29, 0.717) is 18.0 Å². The Morgan fingerprint density at radius 3 is 2.96 bits per heavy atom. The van der Waals surface area contributed by atoms with Crippen molar-refractivity contribution in [1.82, 2.24) is 10.3 Å². The molecule has 2 nitrogen and oxygen atoms in total. The molecule has 1 aromatic heterocycles. The summed E-state index contributed by atoms with van der Waals surface area (Å²) >= 11 is 0. The van der Waals surface area contributed by atoms with Crippen LogP contribution in [0.1, 0.15) is 66.8 Å². The summed E-state index contributed by atoms with van der Waals surface area (Å²) in [7, 11) is 0. The molecule has 4 rings (SSSR count). The van der Waals surface area contributed by atoms with Gasteiger partial charge in [-0.3, -0.25) is 0 Å². The van der Waals surface area contributed by atoms with Gasteiger partial charge in [0.25, 0.3) is 0 Å². The molecule has 0 unspecified atom stereocenters. The van der Waals surface area contributed by atoms with E-state index in [1.165, 1.54) is 28.3 Å². The normalized spacial score (nSPS) is 23.4. The first-order valence-electron chi connectivity index (χ1n) is 9.36. The summed E-state index contributed by atoms with van der Waals surface area (Å²) in [4.78, 5) is 3.81. The van der Waals surface area contributed by atoms with Gasteiger partial charge in [0, 0.05) is 18.3 Å². The summed E-state index contributed by atoms with van der Waals surface area (Å²) in [6, 6.07) is 10.9. The zero-order chi connectivity index (χ0) is 17.2. The van der Waals surface area contributed by atoms with Crippen LogP contribution >= 0.6 is 0 Å². The predicted octanol–water partition coefficient (Wildman–Crippen LogP) is 5.17. The molecule has 1 heterocycles. The second kappa shape index (κ2) is 7.09. The van der Waals surface area contributed by atoms with E-state index >= 15 is 0 Å². The van der Waals surface area contributed by atoms with Crippen LogP contribution in [-0.2, 0) is 6.42 Å². The fraction of sp³-hybridized carbons (Fsp3) is 0.409. The van der Waals surface area contributed by atoms with E-state index in [-0.39, 0.29) is 0 Å². The fourth-order valence-corrected chi connectivity index (χ4v) is 4.38. The number of pyridine rings is 1. The monoisotopic (exact) mass is 336 g/mol. The molecule has 1 fully saturated rings. The summed E-state index contributed by atoms with van der Waals surface area (Å²) in [5.41, 5.74) is 5.44. The van der Waals surface area contributed by atoms with Crippen LogP contribution in [-0.4, -0.2) is 11.0 Å². The SMILES string of the molecule is C[C@@H](N[C@H]1CC[C@@H](c2ccc(F)nc2)C1)c1cccc2c1C=CCC2. The number of hydrogen-bond acceptors (Lipinski definition) is 2. The molecule has 1 saturated carbocycles. The molecule has 1 aromatic carbocycles. The number of nitrogens with one attached hydrogen (secondary N) is 1. The van der Waals surface area contributed by atoms with E-state index in [2.05, 4.69) is 47.6 Å². The fourth-order valence-electron chi connectivity index (χ4n) is 4.38. The molecule has 2 aliphatic rings. The van der Waals surface area contributed by atoms with E-state index in [4.69, 9.17) is 0 Å². The minimum Gasteiger partial charge on any atom is -0.307 e. The largest absolute Gasteiger partial charge is 0.307 e. The van der Waals surface area contributed by atoms with Gasteiger partial charge < -0.3 is 5.32 Å². The van der Waals surface area contributed by atoms with E-state index in [9.17, 15) is 4.39 Å². The van der Waals surface area contributed by atoms with Gasteiger partial charge in [0.2, 0.25) is 5.95 Å². The van der Waals surface area contributed by atoms with Gasteiger partial charge in [-0.2, -0.15) is 4.39 Å². The Kier molecular flexibility index (Phi) is 4.67. The zero-order valence-electron chi connectivity index (χ0n) is 14.7. The molecule has 130 valence electrons. The first-order chi connectivity index (χ1) is 12.2. The number of aromatic nitrogens is 1. The minimum atomic E-state index is -0.396. The Morgan fingerprint density at radius 1 is 1.20 bits per heavy atom. The standard InChI is InChI=1S/C22H25FN2/c1-15(20-8-4-6-16-5-2-3-7-21(16)20)25-19-11-9-17(13-19)18-10-12-22(23)24-14-18/h3-4,6-8,10,12,14-15,17,19,25H,2,5,9,11,13H2,1H3/t15-,17-,19+/m1/s1. The minimum absolute atomic E-state index is 0.341. The maximum Gasteiger partial charge on any atom is 0.212 e. The summed E-state index contributed by atoms with van der Waals surface area (Å²) in [6.45, 7) is 2.27. The van der Waals surface area contributed by atoms with E-state index in [1.807, 2.05) is 6.07 Å². The average Bonchev–Trinajstić information content (AvgIpc) is 3.10. The highest BCUT2D eigenvalue weighted by Gasteiger charge is 2.27. The van der Waals surface area contributed by atoms with Crippen molar-refractivity contribution in [2.45, 2.75) is 57.0 Å². The van der Waals surface area contributed by atoms with Crippen LogP contribution in [0.5, 0.6) is 0 Å². The number of halogens is 1. The molecule has 0 bridgehead atoms. The van der Waals surface area contributed by atoms with Crippen LogP contribution in [0.3, 0.4) is 0 Å². The van der Waals surface area contributed by atoms with E-state index in [1.54, 1.807) is 6.20 Å². The number of benzene rings is 1. The molecular weight excluding hydrogens is 311 g/mol. The lowest BCUT2D eigenvalue weighted by Crippen LogP contribution is -2.30. The second-order valence-electron chi connectivity index (χ2n) is 7.37.